The van der Waals surface area contributed by atoms with E-state index in [2.05, 4.69) is 0 Å². The summed E-state index contributed by atoms with van der Waals surface area (Å²) in [7, 11) is 3.10. The molecule has 32 heavy (non-hydrogen) atoms. The number of methoxy groups -OCH3 is 2. The van der Waals surface area contributed by atoms with Crippen LogP contribution in [0.25, 0.3) is 0 Å². The van der Waals surface area contributed by atoms with E-state index in [-0.39, 0.29) is 0 Å². The average Bonchev–Trinajstić information content (AvgIpc) is 2.88. The summed E-state index contributed by atoms with van der Waals surface area (Å²) in [6.45, 7) is 0. The number of hydrogen-bond donors (Lipinski definition) is 2. The number of para-hydroxylation sites is 2. The van der Waals surface area contributed by atoms with Crippen molar-refractivity contribution in [2.75, 3.05) is 14.2 Å². The van der Waals surface area contributed by atoms with E-state index in [1.807, 2.05) is 60.7 Å². The number of benzene rings is 4. The summed E-state index contributed by atoms with van der Waals surface area (Å²) in [6.07, 6.45) is 0. The van der Waals surface area contributed by atoms with Gasteiger partial charge < -0.3 is 19.7 Å². The van der Waals surface area contributed by atoms with Gasteiger partial charge in [-0.3, -0.25) is 0 Å². The molecule has 0 saturated carbocycles. The Kier molecular flexibility index (Phi) is 5.99. The Morgan fingerprint density at radius 1 is 0.469 bits per heavy atom. The molecule has 0 aromatic heterocycles. The van der Waals surface area contributed by atoms with Crippen molar-refractivity contribution in [3.05, 3.63) is 131 Å². The zero-order valence-electron chi connectivity index (χ0n) is 18.1. The number of ether oxygens (including phenoxy) is 2. The average molecular weight is 427 g/mol. The Bertz CT molecular complexity index is 1080. The van der Waals surface area contributed by atoms with Gasteiger partial charge in [-0.2, -0.15) is 0 Å². The molecule has 2 N–H and O–H groups in total. The molecule has 162 valence electrons. The predicted octanol–water partition coefficient (Wildman–Crippen LogP) is 4.88. The molecule has 0 aliphatic carbocycles. The van der Waals surface area contributed by atoms with Crippen molar-refractivity contribution in [1.29, 1.82) is 0 Å². The topological polar surface area (TPSA) is 58.9 Å². The highest BCUT2D eigenvalue weighted by atomic mass is 16.5. The highest BCUT2D eigenvalue weighted by Gasteiger charge is 2.56. The molecule has 0 heterocycles. The fourth-order valence-electron chi connectivity index (χ4n) is 4.36. The highest BCUT2D eigenvalue weighted by Crippen LogP contribution is 2.53. The molecule has 0 radical (unpaired) electrons. The molecule has 4 aromatic carbocycles. The Morgan fingerprint density at radius 2 is 0.781 bits per heavy atom. The molecule has 0 aliphatic rings. The third kappa shape index (κ3) is 3.34. The minimum absolute atomic E-state index is 0.436. The molecule has 0 spiro atoms. The van der Waals surface area contributed by atoms with Gasteiger partial charge in [0, 0.05) is 11.1 Å². The van der Waals surface area contributed by atoms with Crippen molar-refractivity contribution in [3.63, 3.8) is 0 Å². The van der Waals surface area contributed by atoms with Crippen molar-refractivity contribution < 1.29 is 19.7 Å². The van der Waals surface area contributed by atoms with E-state index in [1.165, 1.54) is 0 Å². The molecule has 4 heteroatoms. The van der Waals surface area contributed by atoms with Gasteiger partial charge in [0.2, 0.25) is 0 Å². The van der Waals surface area contributed by atoms with E-state index >= 15 is 0 Å². The number of rotatable bonds is 7. The zero-order valence-corrected chi connectivity index (χ0v) is 18.1. The first-order chi connectivity index (χ1) is 15.6. The first-order valence-electron chi connectivity index (χ1n) is 10.4. The molecule has 2 atom stereocenters. The molecule has 0 bridgehead atoms. The second kappa shape index (κ2) is 8.87. The van der Waals surface area contributed by atoms with Crippen LogP contribution in [0.15, 0.2) is 109 Å². The quantitative estimate of drug-likeness (QED) is 0.442. The van der Waals surface area contributed by atoms with Crippen molar-refractivity contribution in [2.45, 2.75) is 11.2 Å². The molecule has 0 aliphatic heterocycles. The largest absolute Gasteiger partial charge is 0.496 e. The summed E-state index contributed by atoms with van der Waals surface area (Å²) in [5.41, 5.74) is -1.94. The molecule has 0 amide bonds. The van der Waals surface area contributed by atoms with E-state index in [0.29, 0.717) is 33.8 Å². The van der Waals surface area contributed by atoms with E-state index in [0.717, 1.165) is 0 Å². The van der Waals surface area contributed by atoms with Gasteiger partial charge in [0.05, 0.1) is 14.2 Å². The lowest BCUT2D eigenvalue weighted by atomic mass is 9.66. The van der Waals surface area contributed by atoms with Crippen LogP contribution >= 0.6 is 0 Å². The predicted molar refractivity (Wildman–Crippen MR) is 125 cm³/mol. The minimum Gasteiger partial charge on any atom is -0.496 e. The fourth-order valence-corrected chi connectivity index (χ4v) is 4.36. The van der Waals surface area contributed by atoms with Crippen LogP contribution in [0.5, 0.6) is 11.5 Å². The molecular weight excluding hydrogens is 400 g/mol. The molecular formula is C28H26O4. The lowest BCUT2D eigenvalue weighted by Crippen LogP contribution is -2.51. The van der Waals surface area contributed by atoms with E-state index in [1.54, 1.807) is 62.8 Å². The van der Waals surface area contributed by atoms with E-state index < -0.39 is 11.2 Å². The summed E-state index contributed by atoms with van der Waals surface area (Å²) in [5.74, 6) is 0.922. The summed E-state index contributed by atoms with van der Waals surface area (Å²) >= 11 is 0. The third-order valence-electron chi connectivity index (χ3n) is 5.90. The van der Waals surface area contributed by atoms with Crippen LogP contribution in [0, 0.1) is 0 Å². The molecule has 4 aromatic rings. The van der Waals surface area contributed by atoms with Gasteiger partial charge in [-0.25, -0.2) is 0 Å². The minimum atomic E-state index is -1.92. The maximum Gasteiger partial charge on any atom is 0.155 e. The van der Waals surface area contributed by atoms with Crippen LogP contribution in [0.2, 0.25) is 0 Å². The lowest BCUT2D eigenvalue weighted by Gasteiger charge is -2.45. The van der Waals surface area contributed by atoms with Gasteiger partial charge in [0.25, 0.3) is 0 Å². The smallest absolute Gasteiger partial charge is 0.155 e. The van der Waals surface area contributed by atoms with E-state index in [4.69, 9.17) is 9.47 Å². The molecule has 4 nitrogen and oxygen atoms in total. The summed E-state index contributed by atoms with van der Waals surface area (Å²) < 4.78 is 11.3. The van der Waals surface area contributed by atoms with Gasteiger partial charge in [-0.05, 0) is 23.3 Å². The molecule has 4 rings (SSSR count). The number of aliphatic hydroxyl groups is 2. The summed E-state index contributed by atoms with van der Waals surface area (Å²) in [6, 6.07) is 32.7. The maximum absolute atomic E-state index is 12.7. The van der Waals surface area contributed by atoms with Crippen LogP contribution in [-0.4, -0.2) is 24.4 Å². The number of hydrogen-bond acceptors (Lipinski definition) is 4. The second-order valence-corrected chi connectivity index (χ2v) is 7.55. The van der Waals surface area contributed by atoms with Crippen molar-refractivity contribution in [1.82, 2.24) is 0 Å². The fraction of sp³-hybridized carbons (Fsp3) is 0.143. The second-order valence-electron chi connectivity index (χ2n) is 7.55. The van der Waals surface area contributed by atoms with Crippen molar-refractivity contribution in [2.24, 2.45) is 0 Å². The monoisotopic (exact) mass is 426 g/mol. The Morgan fingerprint density at radius 3 is 1.12 bits per heavy atom. The zero-order chi connectivity index (χ0) is 22.6. The molecule has 2 unspecified atom stereocenters. The van der Waals surface area contributed by atoms with Crippen LogP contribution < -0.4 is 9.47 Å². The Labute approximate surface area is 188 Å². The van der Waals surface area contributed by atoms with Gasteiger partial charge in [-0.1, -0.05) is 97.1 Å². The third-order valence-corrected chi connectivity index (χ3v) is 5.90. The van der Waals surface area contributed by atoms with Crippen molar-refractivity contribution in [3.8, 4) is 11.5 Å². The van der Waals surface area contributed by atoms with Crippen LogP contribution in [-0.2, 0) is 11.2 Å². The maximum atomic E-state index is 12.7. The van der Waals surface area contributed by atoms with Crippen LogP contribution in [0.1, 0.15) is 22.3 Å². The summed E-state index contributed by atoms with van der Waals surface area (Å²) in [5, 5.41) is 25.5. The Balaban J connectivity index is 2.17. The lowest BCUT2D eigenvalue weighted by molar-refractivity contribution is -0.114. The standard InChI is InChI=1S/C28H26O4/c1-31-25-19-11-9-17-23(25)27(29,21-13-5-3-6-14-21)28(30,22-15-7-4-8-16-22)24-18-10-12-20-26(24)32-2/h3-20,29-30H,1-2H3. The van der Waals surface area contributed by atoms with E-state index in [9.17, 15) is 10.2 Å². The van der Waals surface area contributed by atoms with Crippen LogP contribution in [0.4, 0.5) is 0 Å². The Hall–Kier alpha value is -3.60. The van der Waals surface area contributed by atoms with Crippen LogP contribution in [0.3, 0.4) is 0 Å². The molecule has 0 saturated heterocycles. The first kappa shape index (κ1) is 21.6. The highest BCUT2D eigenvalue weighted by molar-refractivity contribution is 5.56. The SMILES string of the molecule is COc1ccccc1C(O)(c1ccccc1)C(O)(c1ccccc1)c1ccccc1OC. The van der Waals surface area contributed by atoms with Gasteiger partial charge in [-0.15, -0.1) is 0 Å². The van der Waals surface area contributed by atoms with Gasteiger partial charge in [0.15, 0.2) is 11.2 Å². The van der Waals surface area contributed by atoms with Gasteiger partial charge >= 0.3 is 0 Å². The van der Waals surface area contributed by atoms with Crippen molar-refractivity contribution >= 4 is 0 Å². The normalized spacial score (nSPS) is 14.8. The van der Waals surface area contributed by atoms with Gasteiger partial charge in [0.1, 0.15) is 11.5 Å². The first-order valence-corrected chi connectivity index (χ1v) is 10.4. The molecule has 0 fully saturated rings. The summed E-state index contributed by atoms with van der Waals surface area (Å²) in [4.78, 5) is 0.